The average molecular weight is 285 g/mol. The molecular formula is C16H23N5. The third-order valence-electron chi connectivity index (χ3n) is 3.57. The maximum absolute atomic E-state index is 5.55. The molecule has 0 aliphatic carbocycles. The summed E-state index contributed by atoms with van der Waals surface area (Å²) in [6, 6.07) is 6.27. The van der Waals surface area contributed by atoms with Crippen LogP contribution < -0.4 is 16.6 Å². The van der Waals surface area contributed by atoms with Gasteiger partial charge in [0, 0.05) is 17.7 Å². The van der Waals surface area contributed by atoms with E-state index in [0.29, 0.717) is 5.82 Å². The molecule has 1 heterocycles. The molecule has 5 nitrogen and oxygen atoms in total. The number of hydrogen-bond donors (Lipinski definition) is 3. The first kappa shape index (κ1) is 15.3. The molecule has 0 amide bonds. The summed E-state index contributed by atoms with van der Waals surface area (Å²) >= 11 is 0. The Bertz CT molecular complexity index is 637. The second-order valence-electron chi connectivity index (χ2n) is 5.28. The molecule has 0 radical (unpaired) electrons. The van der Waals surface area contributed by atoms with Crippen molar-refractivity contribution in [2.24, 2.45) is 5.84 Å². The fraction of sp³-hybridized carbons (Fsp3) is 0.375. The van der Waals surface area contributed by atoms with Gasteiger partial charge in [-0.25, -0.2) is 15.8 Å². The lowest BCUT2D eigenvalue weighted by molar-refractivity contribution is 0.833. The van der Waals surface area contributed by atoms with Crippen LogP contribution in [0, 0.1) is 20.8 Å². The number of nitrogens with zero attached hydrogens (tertiary/aromatic N) is 2. The SMILES string of the molecule is CCCc1nc(NN)c(C)c(Nc2ccc(C)c(C)c2)n1. The molecule has 2 aromatic rings. The molecule has 112 valence electrons. The Morgan fingerprint density at radius 3 is 2.38 bits per heavy atom. The fourth-order valence-electron chi connectivity index (χ4n) is 2.12. The maximum Gasteiger partial charge on any atom is 0.148 e. The fourth-order valence-corrected chi connectivity index (χ4v) is 2.12. The topological polar surface area (TPSA) is 75.9 Å². The molecule has 1 aromatic heterocycles. The third kappa shape index (κ3) is 3.49. The van der Waals surface area contributed by atoms with Crippen molar-refractivity contribution >= 4 is 17.3 Å². The van der Waals surface area contributed by atoms with Crippen molar-refractivity contribution in [2.45, 2.75) is 40.5 Å². The lowest BCUT2D eigenvalue weighted by Gasteiger charge is -2.14. The van der Waals surface area contributed by atoms with E-state index in [1.807, 2.05) is 6.92 Å². The zero-order valence-corrected chi connectivity index (χ0v) is 13.1. The Hall–Kier alpha value is -2.14. The van der Waals surface area contributed by atoms with Gasteiger partial charge >= 0.3 is 0 Å². The van der Waals surface area contributed by atoms with Crippen LogP contribution in [0.1, 0.15) is 35.9 Å². The normalized spacial score (nSPS) is 10.5. The van der Waals surface area contributed by atoms with E-state index in [2.05, 4.69) is 59.7 Å². The number of anilines is 3. The van der Waals surface area contributed by atoms with Crippen LogP contribution in [0.25, 0.3) is 0 Å². The van der Waals surface area contributed by atoms with Gasteiger partial charge in [0.25, 0.3) is 0 Å². The Balaban J connectivity index is 2.37. The Morgan fingerprint density at radius 2 is 1.76 bits per heavy atom. The molecule has 5 heteroatoms. The standard InChI is InChI=1S/C16H23N5/c1-5-6-14-19-15(12(4)16(20-14)21-17)18-13-8-7-10(2)11(3)9-13/h7-9H,5-6,17H2,1-4H3,(H2,18,19,20,21). The summed E-state index contributed by atoms with van der Waals surface area (Å²) in [4.78, 5) is 9.03. The Labute approximate surface area is 126 Å². The van der Waals surface area contributed by atoms with E-state index in [1.54, 1.807) is 0 Å². The van der Waals surface area contributed by atoms with Gasteiger partial charge in [-0.2, -0.15) is 0 Å². The second-order valence-corrected chi connectivity index (χ2v) is 5.28. The third-order valence-corrected chi connectivity index (χ3v) is 3.57. The van der Waals surface area contributed by atoms with Crippen LogP contribution in [0.5, 0.6) is 0 Å². The highest BCUT2D eigenvalue weighted by Crippen LogP contribution is 2.24. The minimum atomic E-state index is 0.666. The first-order valence-electron chi connectivity index (χ1n) is 7.23. The number of rotatable bonds is 5. The summed E-state index contributed by atoms with van der Waals surface area (Å²) in [5, 5.41) is 3.37. The van der Waals surface area contributed by atoms with E-state index in [9.17, 15) is 0 Å². The number of hydrazine groups is 1. The minimum Gasteiger partial charge on any atom is -0.340 e. The Morgan fingerprint density at radius 1 is 1.05 bits per heavy atom. The van der Waals surface area contributed by atoms with Crippen LogP contribution in [0.4, 0.5) is 17.3 Å². The van der Waals surface area contributed by atoms with E-state index in [-0.39, 0.29) is 0 Å². The summed E-state index contributed by atoms with van der Waals surface area (Å²) in [5.74, 6) is 7.81. The Kier molecular flexibility index (Phi) is 4.75. The number of nitrogens with one attached hydrogen (secondary N) is 2. The van der Waals surface area contributed by atoms with Gasteiger partial charge in [0.2, 0.25) is 0 Å². The van der Waals surface area contributed by atoms with Crippen molar-refractivity contribution in [2.75, 3.05) is 10.7 Å². The van der Waals surface area contributed by atoms with E-state index >= 15 is 0 Å². The van der Waals surface area contributed by atoms with Crippen LogP contribution >= 0.6 is 0 Å². The number of nitrogen functional groups attached to an aromatic ring is 1. The summed E-state index contributed by atoms with van der Waals surface area (Å²) in [6.45, 7) is 8.26. The largest absolute Gasteiger partial charge is 0.340 e. The van der Waals surface area contributed by atoms with E-state index in [4.69, 9.17) is 5.84 Å². The molecule has 0 fully saturated rings. The highest BCUT2D eigenvalue weighted by atomic mass is 15.3. The van der Waals surface area contributed by atoms with Crippen molar-refractivity contribution in [1.29, 1.82) is 0 Å². The molecule has 0 bridgehead atoms. The summed E-state index contributed by atoms with van der Waals surface area (Å²) in [7, 11) is 0. The van der Waals surface area contributed by atoms with E-state index < -0.39 is 0 Å². The predicted molar refractivity (Wildman–Crippen MR) is 87.8 cm³/mol. The first-order chi connectivity index (χ1) is 10.0. The average Bonchev–Trinajstić information content (AvgIpc) is 2.46. The molecule has 0 aliphatic rings. The van der Waals surface area contributed by atoms with Crippen LogP contribution in [-0.4, -0.2) is 9.97 Å². The van der Waals surface area contributed by atoms with Crippen molar-refractivity contribution in [3.8, 4) is 0 Å². The molecule has 21 heavy (non-hydrogen) atoms. The van der Waals surface area contributed by atoms with Gasteiger partial charge in [0.15, 0.2) is 0 Å². The van der Waals surface area contributed by atoms with Crippen molar-refractivity contribution < 1.29 is 0 Å². The minimum absolute atomic E-state index is 0.666. The highest BCUT2D eigenvalue weighted by Gasteiger charge is 2.10. The van der Waals surface area contributed by atoms with Crippen molar-refractivity contribution in [3.05, 3.63) is 40.7 Å². The van der Waals surface area contributed by atoms with E-state index in [1.165, 1.54) is 11.1 Å². The number of aryl methyl sites for hydroxylation is 3. The second kappa shape index (κ2) is 6.54. The van der Waals surface area contributed by atoms with Crippen molar-refractivity contribution in [1.82, 2.24) is 9.97 Å². The van der Waals surface area contributed by atoms with Gasteiger partial charge < -0.3 is 10.7 Å². The van der Waals surface area contributed by atoms with Crippen LogP contribution in [0.3, 0.4) is 0 Å². The molecule has 0 spiro atoms. The first-order valence-corrected chi connectivity index (χ1v) is 7.23. The molecule has 4 N–H and O–H groups in total. The molecule has 2 rings (SSSR count). The molecular weight excluding hydrogens is 262 g/mol. The van der Waals surface area contributed by atoms with Crippen LogP contribution in [0.15, 0.2) is 18.2 Å². The molecule has 0 aliphatic heterocycles. The highest BCUT2D eigenvalue weighted by molar-refractivity contribution is 5.65. The van der Waals surface area contributed by atoms with Crippen molar-refractivity contribution in [3.63, 3.8) is 0 Å². The maximum atomic E-state index is 5.55. The van der Waals surface area contributed by atoms with Gasteiger partial charge in [-0.15, -0.1) is 0 Å². The molecule has 0 saturated carbocycles. The quantitative estimate of drug-likeness (QED) is 0.580. The van der Waals surface area contributed by atoms with Gasteiger partial charge in [0.1, 0.15) is 17.5 Å². The molecule has 1 aromatic carbocycles. The predicted octanol–water partition coefficient (Wildman–Crippen LogP) is 3.38. The number of aromatic nitrogens is 2. The smallest absolute Gasteiger partial charge is 0.148 e. The van der Waals surface area contributed by atoms with Gasteiger partial charge in [-0.3, -0.25) is 0 Å². The lowest BCUT2D eigenvalue weighted by Crippen LogP contribution is -2.14. The summed E-state index contributed by atoms with van der Waals surface area (Å²) in [6.07, 6.45) is 1.83. The lowest BCUT2D eigenvalue weighted by atomic mass is 10.1. The number of benzene rings is 1. The van der Waals surface area contributed by atoms with Crippen LogP contribution in [0.2, 0.25) is 0 Å². The molecule has 0 unspecified atom stereocenters. The molecule has 0 atom stereocenters. The van der Waals surface area contributed by atoms with Gasteiger partial charge in [0.05, 0.1) is 0 Å². The number of nitrogens with two attached hydrogens (primary N) is 1. The summed E-state index contributed by atoms with van der Waals surface area (Å²) in [5.41, 5.74) is 7.10. The van der Waals surface area contributed by atoms with Gasteiger partial charge in [-0.1, -0.05) is 13.0 Å². The number of hydrogen-bond acceptors (Lipinski definition) is 5. The van der Waals surface area contributed by atoms with E-state index in [0.717, 1.165) is 35.7 Å². The molecule has 0 saturated heterocycles. The zero-order valence-electron chi connectivity index (χ0n) is 13.1. The zero-order chi connectivity index (χ0) is 15.4. The summed E-state index contributed by atoms with van der Waals surface area (Å²) < 4.78 is 0. The van der Waals surface area contributed by atoms with Gasteiger partial charge in [-0.05, 0) is 50.5 Å². The van der Waals surface area contributed by atoms with Crippen LogP contribution in [-0.2, 0) is 6.42 Å². The monoisotopic (exact) mass is 285 g/mol.